The lowest BCUT2D eigenvalue weighted by molar-refractivity contribution is -0.00512. The third-order valence-electron chi connectivity index (χ3n) is 6.15. The molecule has 0 spiro atoms. The summed E-state index contributed by atoms with van der Waals surface area (Å²) in [6.45, 7) is -0.193. The van der Waals surface area contributed by atoms with Gasteiger partial charge in [-0.05, 0) is 24.7 Å². The van der Waals surface area contributed by atoms with Crippen LogP contribution in [0.4, 0.5) is 5.82 Å². The first kappa shape index (κ1) is 19.7. The van der Waals surface area contributed by atoms with Crippen molar-refractivity contribution in [1.82, 2.24) is 25.0 Å². The highest BCUT2D eigenvalue weighted by molar-refractivity contribution is 7.98. The lowest BCUT2D eigenvalue weighted by Gasteiger charge is -2.17. The van der Waals surface area contributed by atoms with Gasteiger partial charge in [0.2, 0.25) is 0 Å². The molecule has 9 nitrogen and oxygen atoms in total. The van der Waals surface area contributed by atoms with E-state index in [-0.39, 0.29) is 12.6 Å². The van der Waals surface area contributed by atoms with Crippen molar-refractivity contribution in [1.29, 1.82) is 0 Å². The minimum Gasteiger partial charge on any atom is -0.396 e. The Labute approximate surface area is 177 Å². The van der Waals surface area contributed by atoms with E-state index in [2.05, 4.69) is 37.7 Å². The van der Waals surface area contributed by atoms with E-state index in [1.807, 2.05) is 24.5 Å². The molecule has 158 valence electrons. The summed E-state index contributed by atoms with van der Waals surface area (Å²) < 4.78 is 1.56. The molecule has 30 heavy (non-hydrogen) atoms. The fraction of sp³-hybridized carbons (Fsp3) is 0.500. The van der Waals surface area contributed by atoms with Gasteiger partial charge in [0.15, 0.2) is 22.1 Å². The molecule has 2 fully saturated rings. The molecule has 4 N–H and O–H groups in total. The van der Waals surface area contributed by atoms with Crippen molar-refractivity contribution in [3.63, 3.8) is 0 Å². The molecule has 0 saturated heterocycles. The van der Waals surface area contributed by atoms with Crippen LogP contribution in [-0.4, -0.2) is 71.4 Å². The Balaban J connectivity index is 1.46. The number of hydrogen-bond donors (Lipinski definition) is 4. The minimum atomic E-state index is -1.04. The summed E-state index contributed by atoms with van der Waals surface area (Å²) in [5.41, 5.74) is 2.36. The molecule has 6 unspecified atom stereocenters. The van der Waals surface area contributed by atoms with Gasteiger partial charge in [0.25, 0.3) is 0 Å². The number of hydrogen-bond acceptors (Lipinski definition) is 9. The van der Waals surface area contributed by atoms with E-state index < -0.39 is 24.2 Å². The molecule has 0 amide bonds. The van der Waals surface area contributed by atoms with Gasteiger partial charge in [-0.3, -0.25) is 0 Å². The van der Waals surface area contributed by atoms with Crippen molar-refractivity contribution in [2.24, 2.45) is 5.92 Å². The Kier molecular flexibility index (Phi) is 5.10. The van der Waals surface area contributed by atoms with E-state index in [1.54, 1.807) is 4.68 Å². The lowest BCUT2D eigenvalue weighted by atomic mass is 10.1. The first-order chi connectivity index (χ1) is 14.6. The molecule has 0 aliphatic heterocycles. The molecule has 2 aromatic heterocycles. The molecule has 2 aliphatic carbocycles. The highest BCUT2D eigenvalue weighted by Crippen LogP contribution is 2.43. The van der Waals surface area contributed by atoms with Crippen LogP contribution in [0.25, 0.3) is 11.2 Å². The number of aromatic nitrogens is 5. The molecule has 2 heterocycles. The summed E-state index contributed by atoms with van der Waals surface area (Å²) in [5.74, 6) is 0.661. The molecule has 5 rings (SSSR count). The normalized spacial score (nSPS) is 30.7. The summed E-state index contributed by atoms with van der Waals surface area (Å²) in [4.78, 5) is 9.17. The van der Waals surface area contributed by atoms with Gasteiger partial charge >= 0.3 is 0 Å². The average molecular weight is 429 g/mol. The standard InChI is InChI=1S/C20H24N6O3S/c1-30-20-22-18(21-13-8-12(13)10-5-3-2-4-6-10)15-19(23-20)26(25-24-15)14-7-11(9-27)16(28)17(14)29/h2-6,11-14,16-17,27-29H,7-9H2,1H3,(H,21,22,23). The molecule has 3 aromatic rings. The topological polar surface area (TPSA) is 129 Å². The number of aliphatic hydroxyl groups is 3. The SMILES string of the molecule is CSc1nc(NC2CC2c2ccccc2)c2nnn(C3CC(CO)C(O)C3O)c2n1. The Morgan fingerprint density at radius 3 is 2.63 bits per heavy atom. The molecule has 0 bridgehead atoms. The number of anilines is 1. The fourth-order valence-corrected chi connectivity index (χ4v) is 4.71. The summed E-state index contributed by atoms with van der Waals surface area (Å²) in [5, 5.41) is 42.8. The van der Waals surface area contributed by atoms with Gasteiger partial charge in [0.05, 0.1) is 12.1 Å². The van der Waals surface area contributed by atoms with Crippen LogP contribution in [-0.2, 0) is 0 Å². The van der Waals surface area contributed by atoms with Crippen molar-refractivity contribution >= 4 is 28.7 Å². The second kappa shape index (κ2) is 7.77. The van der Waals surface area contributed by atoms with E-state index in [1.165, 1.54) is 17.3 Å². The quantitative estimate of drug-likeness (QED) is 0.338. The Morgan fingerprint density at radius 2 is 1.93 bits per heavy atom. The lowest BCUT2D eigenvalue weighted by Crippen LogP contribution is -2.30. The molecule has 10 heteroatoms. The van der Waals surface area contributed by atoms with Gasteiger partial charge in [0.1, 0.15) is 6.10 Å². The van der Waals surface area contributed by atoms with Gasteiger partial charge in [-0.2, -0.15) is 0 Å². The Hall–Kier alpha value is -2.27. The highest BCUT2D eigenvalue weighted by atomic mass is 32.2. The van der Waals surface area contributed by atoms with E-state index in [0.717, 1.165) is 6.42 Å². The van der Waals surface area contributed by atoms with E-state index in [0.29, 0.717) is 34.5 Å². The zero-order chi connectivity index (χ0) is 20.8. The van der Waals surface area contributed by atoms with Crippen LogP contribution in [0.5, 0.6) is 0 Å². The zero-order valence-electron chi connectivity index (χ0n) is 16.5. The van der Waals surface area contributed by atoms with Crippen molar-refractivity contribution in [2.45, 2.75) is 48.2 Å². The molecular formula is C20H24N6O3S. The third kappa shape index (κ3) is 3.33. The van der Waals surface area contributed by atoms with Crippen molar-refractivity contribution in [2.75, 3.05) is 18.2 Å². The molecular weight excluding hydrogens is 404 g/mol. The summed E-state index contributed by atoms with van der Waals surface area (Å²) in [6.07, 6.45) is 1.28. The van der Waals surface area contributed by atoms with Crippen LogP contribution in [0.2, 0.25) is 0 Å². The van der Waals surface area contributed by atoms with Crippen LogP contribution in [0.15, 0.2) is 35.5 Å². The summed E-state index contributed by atoms with van der Waals surface area (Å²) in [7, 11) is 0. The van der Waals surface area contributed by atoms with Crippen molar-refractivity contribution in [3.05, 3.63) is 35.9 Å². The van der Waals surface area contributed by atoms with E-state index in [9.17, 15) is 15.3 Å². The van der Waals surface area contributed by atoms with Gasteiger partial charge in [-0.25, -0.2) is 14.6 Å². The minimum absolute atomic E-state index is 0.193. The second-order valence-corrected chi connectivity index (χ2v) is 8.77. The number of rotatable bonds is 6. The number of nitrogens with one attached hydrogen (secondary N) is 1. The van der Waals surface area contributed by atoms with Gasteiger partial charge in [0, 0.05) is 24.5 Å². The fourth-order valence-electron chi connectivity index (χ4n) is 4.35. The highest BCUT2D eigenvalue weighted by Gasteiger charge is 2.44. The van der Waals surface area contributed by atoms with Gasteiger partial charge in [-0.1, -0.05) is 47.3 Å². The third-order valence-corrected chi connectivity index (χ3v) is 6.69. The smallest absolute Gasteiger partial charge is 0.191 e. The first-order valence-electron chi connectivity index (χ1n) is 10.1. The number of thioether (sulfide) groups is 1. The maximum Gasteiger partial charge on any atom is 0.191 e. The van der Waals surface area contributed by atoms with Crippen LogP contribution >= 0.6 is 11.8 Å². The zero-order valence-corrected chi connectivity index (χ0v) is 17.3. The maximum atomic E-state index is 10.5. The maximum absolute atomic E-state index is 10.5. The predicted molar refractivity (Wildman–Crippen MR) is 112 cm³/mol. The monoisotopic (exact) mass is 428 g/mol. The number of aliphatic hydroxyl groups excluding tert-OH is 3. The van der Waals surface area contributed by atoms with Crippen molar-refractivity contribution < 1.29 is 15.3 Å². The number of nitrogens with zero attached hydrogens (tertiary/aromatic N) is 5. The molecule has 1 aromatic carbocycles. The Morgan fingerprint density at radius 1 is 1.13 bits per heavy atom. The van der Waals surface area contributed by atoms with Crippen LogP contribution in [0.3, 0.4) is 0 Å². The summed E-state index contributed by atoms with van der Waals surface area (Å²) in [6, 6.07) is 10.1. The average Bonchev–Trinajstić information content (AvgIpc) is 3.32. The van der Waals surface area contributed by atoms with Gasteiger partial charge in [-0.15, -0.1) is 5.10 Å². The van der Waals surface area contributed by atoms with Crippen LogP contribution in [0.1, 0.15) is 30.4 Å². The largest absolute Gasteiger partial charge is 0.396 e. The predicted octanol–water partition coefficient (Wildman–Crippen LogP) is 1.19. The molecule has 0 radical (unpaired) electrons. The molecule has 6 atom stereocenters. The van der Waals surface area contributed by atoms with Crippen LogP contribution in [0, 0.1) is 5.92 Å². The second-order valence-electron chi connectivity index (χ2n) is 8.00. The first-order valence-corrected chi connectivity index (χ1v) is 11.3. The van der Waals surface area contributed by atoms with Crippen LogP contribution < -0.4 is 5.32 Å². The van der Waals surface area contributed by atoms with E-state index >= 15 is 0 Å². The summed E-state index contributed by atoms with van der Waals surface area (Å²) >= 11 is 1.42. The Bertz CT molecular complexity index is 1050. The number of fused-ring (bicyclic) bond motifs is 1. The molecule has 2 aliphatic rings. The molecule has 2 saturated carbocycles. The van der Waals surface area contributed by atoms with E-state index in [4.69, 9.17) is 0 Å². The van der Waals surface area contributed by atoms with Gasteiger partial charge < -0.3 is 20.6 Å². The van der Waals surface area contributed by atoms with Crippen molar-refractivity contribution in [3.8, 4) is 0 Å². The number of benzene rings is 1.